The Morgan fingerprint density at radius 1 is 0.900 bits per heavy atom. The summed E-state index contributed by atoms with van der Waals surface area (Å²) in [4.78, 5) is 8.37. The van der Waals surface area contributed by atoms with Gasteiger partial charge in [0.2, 0.25) is 0 Å². The van der Waals surface area contributed by atoms with E-state index in [0.29, 0.717) is 0 Å². The minimum atomic E-state index is 0.718. The summed E-state index contributed by atoms with van der Waals surface area (Å²) in [5.41, 5.74) is 11.5. The highest BCUT2D eigenvalue weighted by Crippen LogP contribution is 2.39. The number of rotatable bonds is 6. The fourth-order valence-electron chi connectivity index (χ4n) is 4.46. The first-order chi connectivity index (χ1) is 14.8. The van der Waals surface area contributed by atoms with E-state index < -0.39 is 0 Å². The fraction of sp³-hybridized carbons (Fsp3) is 0.192. The Morgan fingerprint density at radius 3 is 2.63 bits per heavy atom. The molecule has 0 bridgehead atoms. The largest absolute Gasteiger partial charge is 0.494 e. The van der Waals surface area contributed by atoms with E-state index in [9.17, 15) is 0 Å². The third-order valence-corrected chi connectivity index (χ3v) is 5.91. The lowest BCUT2D eigenvalue weighted by Crippen LogP contribution is -1.99. The molecule has 30 heavy (non-hydrogen) atoms. The second kappa shape index (κ2) is 7.81. The molecule has 0 saturated heterocycles. The molecule has 2 heterocycles. The van der Waals surface area contributed by atoms with Crippen LogP contribution in [-0.4, -0.2) is 23.6 Å². The summed E-state index contributed by atoms with van der Waals surface area (Å²) in [5, 5.41) is 4.87. The van der Waals surface area contributed by atoms with Gasteiger partial charge in [0.25, 0.3) is 0 Å². The Hall–Kier alpha value is -3.37. The zero-order chi connectivity index (χ0) is 20.5. The first kappa shape index (κ1) is 18.6. The van der Waals surface area contributed by atoms with Gasteiger partial charge in [-0.3, -0.25) is 4.98 Å². The lowest BCUT2D eigenvalue weighted by Gasteiger charge is -2.11. The molecule has 4 nitrogen and oxygen atoms in total. The van der Waals surface area contributed by atoms with Crippen LogP contribution >= 0.6 is 0 Å². The Morgan fingerprint density at radius 2 is 1.77 bits per heavy atom. The average molecular weight is 396 g/mol. The molecule has 0 amide bonds. The predicted octanol–water partition coefficient (Wildman–Crippen LogP) is 5.83. The van der Waals surface area contributed by atoms with Crippen molar-refractivity contribution in [2.24, 2.45) is 5.73 Å². The summed E-state index contributed by atoms with van der Waals surface area (Å²) in [6.45, 7) is 0.718. The molecule has 0 aliphatic rings. The zero-order valence-corrected chi connectivity index (χ0v) is 17.1. The normalized spacial score (nSPS) is 11.5. The van der Waals surface area contributed by atoms with Gasteiger partial charge in [0.05, 0.1) is 18.3 Å². The van der Waals surface area contributed by atoms with Crippen molar-refractivity contribution in [3.8, 4) is 17.0 Å². The number of nitrogens with two attached hydrogens (primary N) is 1. The molecule has 3 N–H and O–H groups in total. The number of fused-ring (bicyclic) bond motifs is 4. The second-order valence-electron chi connectivity index (χ2n) is 7.65. The number of benzene rings is 3. The maximum atomic E-state index is 5.78. The van der Waals surface area contributed by atoms with Gasteiger partial charge in [-0.2, -0.15) is 0 Å². The molecule has 0 aliphatic carbocycles. The summed E-state index contributed by atoms with van der Waals surface area (Å²) in [6.07, 6.45) is 4.88. The van der Waals surface area contributed by atoms with Gasteiger partial charge < -0.3 is 15.5 Å². The van der Waals surface area contributed by atoms with Gasteiger partial charge in [-0.25, -0.2) is 0 Å². The summed E-state index contributed by atoms with van der Waals surface area (Å²) in [6, 6.07) is 21.3. The third kappa shape index (κ3) is 3.01. The Balaban J connectivity index is 1.81. The van der Waals surface area contributed by atoms with Crippen molar-refractivity contribution in [1.82, 2.24) is 9.97 Å². The van der Waals surface area contributed by atoms with Crippen LogP contribution in [0.1, 0.15) is 18.4 Å². The molecule has 0 radical (unpaired) electrons. The number of pyridine rings is 1. The summed E-state index contributed by atoms with van der Waals surface area (Å²) < 4.78 is 5.56. The number of methoxy groups -OCH3 is 1. The molecule has 0 fully saturated rings. The van der Waals surface area contributed by atoms with E-state index in [4.69, 9.17) is 10.5 Å². The highest BCUT2D eigenvalue weighted by atomic mass is 16.5. The van der Waals surface area contributed by atoms with Gasteiger partial charge in [-0.1, -0.05) is 42.5 Å². The van der Waals surface area contributed by atoms with Crippen LogP contribution in [0.25, 0.3) is 43.8 Å². The van der Waals surface area contributed by atoms with E-state index in [0.717, 1.165) is 48.0 Å². The topological polar surface area (TPSA) is 63.9 Å². The van der Waals surface area contributed by atoms with Gasteiger partial charge in [-0.05, 0) is 55.0 Å². The molecular weight excluding hydrogens is 370 g/mol. The van der Waals surface area contributed by atoms with Crippen LogP contribution in [0.5, 0.6) is 5.75 Å². The number of hydrogen-bond donors (Lipinski definition) is 2. The summed E-state index contributed by atoms with van der Waals surface area (Å²) in [5.74, 6) is 0.792. The van der Waals surface area contributed by atoms with Gasteiger partial charge in [-0.15, -0.1) is 0 Å². The maximum Gasteiger partial charge on any atom is 0.145 e. The molecule has 0 aliphatic heterocycles. The van der Waals surface area contributed by atoms with Crippen molar-refractivity contribution < 1.29 is 4.74 Å². The molecule has 2 aromatic heterocycles. The van der Waals surface area contributed by atoms with Crippen molar-refractivity contribution in [2.75, 3.05) is 13.7 Å². The predicted molar refractivity (Wildman–Crippen MR) is 125 cm³/mol. The van der Waals surface area contributed by atoms with Gasteiger partial charge in [0, 0.05) is 27.9 Å². The standard InChI is InChI=1S/C26H25N3O/c1-30-23-14-13-22(20-10-6-16-28-26(20)23)25-19(9-4-5-15-27)21-12-11-17-7-2-3-8-18(17)24(21)29-25/h2-3,6-8,10-14,16,29H,4-5,9,15,27H2,1H3. The highest BCUT2D eigenvalue weighted by Gasteiger charge is 2.18. The van der Waals surface area contributed by atoms with E-state index in [-0.39, 0.29) is 0 Å². The van der Waals surface area contributed by atoms with Gasteiger partial charge in [0.15, 0.2) is 0 Å². The fourth-order valence-corrected chi connectivity index (χ4v) is 4.46. The van der Waals surface area contributed by atoms with Gasteiger partial charge in [0.1, 0.15) is 11.3 Å². The van der Waals surface area contributed by atoms with E-state index in [2.05, 4.69) is 58.5 Å². The van der Waals surface area contributed by atoms with E-state index >= 15 is 0 Å². The lowest BCUT2D eigenvalue weighted by atomic mass is 9.96. The molecule has 150 valence electrons. The molecule has 0 unspecified atom stereocenters. The first-order valence-corrected chi connectivity index (χ1v) is 10.5. The maximum absolute atomic E-state index is 5.78. The number of ether oxygens (including phenoxy) is 1. The molecule has 3 aromatic carbocycles. The van der Waals surface area contributed by atoms with Crippen molar-refractivity contribution in [3.05, 3.63) is 72.4 Å². The molecule has 5 aromatic rings. The number of hydrogen-bond acceptors (Lipinski definition) is 3. The Labute approximate surface area is 175 Å². The lowest BCUT2D eigenvalue weighted by molar-refractivity contribution is 0.419. The Kier molecular flexibility index (Phi) is 4.85. The summed E-state index contributed by atoms with van der Waals surface area (Å²) >= 11 is 0. The molecule has 0 spiro atoms. The minimum absolute atomic E-state index is 0.718. The van der Waals surface area contributed by atoms with Crippen LogP contribution in [0.15, 0.2) is 66.9 Å². The smallest absolute Gasteiger partial charge is 0.145 e. The van der Waals surface area contributed by atoms with Crippen molar-refractivity contribution in [1.29, 1.82) is 0 Å². The van der Waals surface area contributed by atoms with Crippen LogP contribution in [0.2, 0.25) is 0 Å². The zero-order valence-electron chi connectivity index (χ0n) is 17.1. The van der Waals surface area contributed by atoms with Crippen molar-refractivity contribution >= 4 is 32.6 Å². The molecule has 4 heteroatoms. The second-order valence-corrected chi connectivity index (χ2v) is 7.65. The van der Waals surface area contributed by atoms with E-state index in [1.54, 1.807) is 7.11 Å². The highest BCUT2D eigenvalue weighted by molar-refractivity contribution is 6.10. The Bertz CT molecular complexity index is 1350. The first-order valence-electron chi connectivity index (χ1n) is 10.5. The van der Waals surface area contributed by atoms with Crippen molar-refractivity contribution in [3.63, 3.8) is 0 Å². The minimum Gasteiger partial charge on any atom is -0.494 e. The number of unbranched alkanes of at least 4 members (excludes halogenated alkanes) is 1. The number of aromatic amines is 1. The number of aryl methyl sites for hydroxylation is 1. The molecule has 5 rings (SSSR count). The SMILES string of the molecule is COc1ccc(-c2[nH]c3c(ccc4ccccc43)c2CCCCN)c2cccnc12. The van der Waals surface area contributed by atoms with E-state index in [1.165, 1.54) is 32.9 Å². The van der Waals surface area contributed by atoms with Crippen LogP contribution in [-0.2, 0) is 6.42 Å². The number of nitrogens with one attached hydrogen (secondary N) is 1. The summed E-state index contributed by atoms with van der Waals surface area (Å²) in [7, 11) is 1.69. The quantitative estimate of drug-likeness (QED) is 0.356. The van der Waals surface area contributed by atoms with Crippen LogP contribution < -0.4 is 10.5 Å². The molecular formula is C26H25N3O. The third-order valence-electron chi connectivity index (χ3n) is 5.91. The van der Waals surface area contributed by atoms with Crippen LogP contribution in [0.3, 0.4) is 0 Å². The van der Waals surface area contributed by atoms with Crippen LogP contribution in [0.4, 0.5) is 0 Å². The van der Waals surface area contributed by atoms with Crippen molar-refractivity contribution in [2.45, 2.75) is 19.3 Å². The number of nitrogens with zero attached hydrogens (tertiary/aromatic N) is 1. The number of aromatic nitrogens is 2. The van der Waals surface area contributed by atoms with Crippen LogP contribution in [0, 0.1) is 0 Å². The number of H-pyrrole nitrogens is 1. The monoisotopic (exact) mass is 395 g/mol. The molecule has 0 saturated carbocycles. The molecule has 0 atom stereocenters. The average Bonchev–Trinajstić information content (AvgIpc) is 3.17. The van der Waals surface area contributed by atoms with E-state index in [1.807, 2.05) is 18.3 Å². The van der Waals surface area contributed by atoms with Gasteiger partial charge >= 0.3 is 0 Å².